The average molecular weight is 421 g/mol. The van der Waals surface area contributed by atoms with E-state index in [1.54, 1.807) is 0 Å². The third kappa shape index (κ3) is 5.24. The molecule has 0 saturated heterocycles. The molecule has 0 saturated carbocycles. The quantitative estimate of drug-likeness (QED) is 0.396. The Morgan fingerprint density at radius 3 is 2.36 bits per heavy atom. The molecule has 0 heterocycles. The van der Waals surface area contributed by atoms with E-state index in [1.807, 2.05) is 5.43 Å². The van der Waals surface area contributed by atoms with Crippen LogP contribution in [0, 0.1) is 0 Å². The molecule has 6 nitrogen and oxygen atoms in total. The normalized spacial score (nSPS) is 10.7. The van der Waals surface area contributed by atoms with Gasteiger partial charge in [-0.25, -0.2) is 5.43 Å². The van der Waals surface area contributed by atoms with Crippen molar-refractivity contribution in [2.24, 2.45) is 5.10 Å². The SMILES string of the molecule is O=C(N/N=C\c1cc(Cl)cc(Cl)c1O)C(=O)Nc1ccc(Cl)c(Cl)c1. The lowest BCUT2D eigenvalue weighted by Gasteiger charge is -2.05. The van der Waals surface area contributed by atoms with Crippen LogP contribution in [0.15, 0.2) is 35.4 Å². The highest BCUT2D eigenvalue weighted by molar-refractivity contribution is 6.43. The molecule has 0 unspecified atom stereocenters. The Bertz CT molecular complexity index is 871. The minimum absolute atomic E-state index is 0.0256. The zero-order valence-electron chi connectivity index (χ0n) is 12.2. The molecule has 3 N–H and O–H groups in total. The fourth-order valence-electron chi connectivity index (χ4n) is 1.66. The van der Waals surface area contributed by atoms with Gasteiger partial charge in [0.2, 0.25) is 0 Å². The minimum atomic E-state index is -1.03. The van der Waals surface area contributed by atoms with Gasteiger partial charge in [-0.1, -0.05) is 46.4 Å². The van der Waals surface area contributed by atoms with Crippen LogP contribution >= 0.6 is 46.4 Å². The van der Waals surface area contributed by atoms with Crippen LogP contribution in [0.25, 0.3) is 0 Å². The number of carbonyl (C=O) groups is 2. The zero-order chi connectivity index (χ0) is 18.6. The lowest BCUT2D eigenvalue weighted by atomic mass is 10.2. The van der Waals surface area contributed by atoms with Crippen molar-refractivity contribution in [3.05, 3.63) is 56.0 Å². The van der Waals surface area contributed by atoms with E-state index in [1.165, 1.54) is 30.3 Å². The predicted molar refractivity (Wildman–Crippen MR) is 99.0 cm³/mol. The number of rotatable bonds is 3. The van der Waals surface area contributed by atoms with Gasteiger partial charge < -0.3 is 10.4 Å². The Morgan fingerprint density at radius 1 is 0.960 bits per heavy atom. The Kier molecular flexibility index (Phi) is 6.50. The molecule has 0 aliphatic rings. The molecule has 2 aromatic rings. The van der Waals surface area contributed by atoms with Gasteiger partial charge in [0.05, 0.1) is 21.3 Å². The van der Waals surface area contributed by atoms with Crippen molar-refractivity contribution < 1.29 is 14.7 Å². The topological polar surface area (TPSA) is 90.8 Å². The smallest absolute Gasteiger partial charge is 0.329 e. The molecule has 0 aliphatic heterocycles. The number of anilines is 1. The Balaban J connectivity index is 1.99. The second-order valence-electron chi connectivity index (χ2n) is 4.61. The summed E-state index contributed by atoms with van der Waals surface area (Å²) in [4.78, 5) is 23.5. The van der Waals surface area contributed by atoms with Gasteiger partial charge in [-0.3, -0.25) is 9.59 Å². The van der Waals surface area contributed by atoms with E-state index < -0.39 is 11.8 Å². The third-order valence-corrected chi connectivity index (χ3v) is 4.06. The summed E-state index contributed by atoms with van der Waals surface area (Å²) >= 11 is 23.1. The van der Waals surface area contributed by atoms with Crippen molar-refractivity contribution in [3.8, 4) is 5.75 Å². The van der Waals surface area contributed by atoms with Crippen molar-refractivity contribution in [1.82, 2.24) is 5.43 Å². The third-order valence-electron chi connectivity index (χ3n) is 2.81. The average Bonchev–Trinajstić information content (AvgIpc) is 2.55. The van der Waals surface area contributed by atoms with Crippen molar-refractivity contribution in [2.45, 2.75) is 0 Å². The molecular weight excluding hydrogens is 412 g/mol. The number of hydrazone groups is 1. The van der Waals surface area contributed by atoms with Gasteiger partial charge in [0.15, 0.2) is 0 Å². The van der Waals surface area contributed by atoms with Crippen LogP contribution in [0.1, 0.15) is 5.56 Å². The number of phenolic OH excluding ortho intramolecular Hbond substituents is 1. The highest BCUT2D eigenvalue weighted by Crippen LogP contribution is 2.30. The number of aromatic hydroxyl groups is 1. The summed E-state index contributed by atoms with van der Waals surface area (Å²) in [5, 5.41) is 16.5. The first-order valence-electron chi connectivity index (χ1n) is 6.55. The second-order valence-corrected chi connectivity index (χ2v) is 6.27. The maximum absolute atomic E-state index is 11.8. The molecule has 0 bridgehead atoms. The first kappa shape index (κ1) is 19.3. The van der Waals surface area contributed by atoms with Gasteiger partial charge >= 0.3 is 11.8 Å². The summed E-state index contributed by atoms with van der Waals surface area (Å²) in [5.41, 5.74) is 2.46. The van der Waals surface area contributed by atoms with Crippen molar-refractivity contribution >= 4 is 70.1 Å². The van der Waals surface area contributed by atoms with Crippen LogP contribution in [0.4, 0.5) is 5.69 Å². The van der Waals surface area contributed by atoms with Crippen LogP contribution in [-0.4, -0.2) is 23.1 Å². The van der Waals surface area contributed by atoms with Gasteiger partial charge in [0.1, 0.15) is 5.75 Å². The highest BCUT2D eigenvalue weighted by Gasteiger charge is 2.14. The van der Waals surface area contributed by atoms with Crippen molar-refractivity contribution in [2.75, 3.05) is 5.32 Å². The number of halogens is 4. The molecule has 130 valence electrons. The first-order valence-corrected chi connectivity index (χ1v) is 8.06. The lowest BCUT2D eigenvalue weighted by Crippen LogP contribution is -2.32. The molecule has 2 aromatic carbocycles. The van der Waals surface area contributed by atoms with Gasteiger partial charge in [0.25, 0.3) is 0 Å². The van der Waals surface area contributed by atoms with E-state index >= 15 is 0 Å². The monoisotopic (exact) mass is 419 g/mol. The van der Waals surface area contributed by atoms with Crippen LogP contribution < -0.4 is 10.7 Å². The summed E-state index contributed by atoms with van der Waals surface area (Å²) < 4.78 is 0. The fourth-order valence-corrected chi connectivity index (χ4v) is 2.46. The van der Waals surface area contributed by atoms with E-state index in [9.17, 15) is 14.7 Å². The van der Waals surface area contributed by atoms with E-state index in [2.05, 4.69) is 10.4 Å². The molecule has 10 heteroatoms. The number of nitrogens with zero attached hydrogens (tertiary/aromatic N) is 1. The summed E-state index contributed by atoms with van der Waals surface area (Å²) in [5.74, 6) is -2.26. The maximum Gasteiger partial charge on any atom is 0.329 e. The Morgan fingerprint density at radius 2 is 1.68 bits per heavy atom. The standard InChI is InChI=1S/C15H9Cl4N3O3/c16-8-3-7(13(23)12(19)4-8)6-20-22-15(25)14(24)21-9-1-2-10(17)11(18)5-9/h1-6,23H,(H,21,24)(H,22,25)/b20-6-. The predicted octanol–water partition coefficient (Wildman–Crippen LogP) is 4.09. The number of hydrogen-bond acceptors (Lipinski definition) is 4. The highest BCUT2D eigenvalue weighted by atomic mass is 35.5. The van der Waals surface area contributed by atoms with Crippen LogP contribution in [-0.2, 0) is 9.59 Å². The molecule has 0 spiro atoms. The summed E-state index contributed by atoms with van der Waals surface area (Å²) in [7, 11) is 0. The Labute approximate surface area is 162 Å². The number of carbonyl (C=O) groups excluding carboxylic acids is 2. The van der Waals surface area contributed by atoms with Crippen LogP contribution in [0.3, 0.4) is 0 Å². The molecule has 0 aliphatic carbocycles. The number of benzene rings is 2. The minimum Gasteiger partial charge on any atom is -0.506 e. The molecule has 2 rings (SSSR count). The molecule has 0 fully saturated rings. The largest absolute Gasteiger partial charge is 0.506 e. The lowest BCUT2D eigenvalue weighted by molar-refractivity contribution is -0.136. The van der Waals surface area contributed by atoms with E-state index in [4.69, 9.17) is 46.4 Å². The summed E-state index contributed by atoms with van der Waals surface area (Å²) in [6.07, 6.45) is 1.09. The van der Waals surface area contributed by atoms with Gasteiger partial charge in [0, 0.05) is 16.3 Å². The van der Waals surface area contributed by atoms with Crippen LogP contribution in [0.2, 0.25) is 20.1 Å². The number of amides is 2. The van der Waals surface area contributed by atoms with Crippen LogP contribution in [0.5, 0.6) is 5.75 Å². The van der Waals surface area contributed by atoms with Crippen molar-refractivity contribution in [3.63, 3.8) is 0 Å². The van der Waals surface area contributed by atoms with E-state index in [0.29, 0.717) is 5.02 Å². The second kappa shape index (κ2) is 8.40. The number of hydrogen-bond donors (Lipinski definition) is 3. The van der Waals surface area contributed by atoms with E-state index in [0.717, 1.165) is 6.21 Å². The zero-order valence-corrected chi connectivity index (χ0v) is 15.2. The summed E-state index contributed by atoms with van der Waals surface area (Å²) in [6.45, 7) is 0. The van der Waals surface area contributed by atoms with Gasteiger partial charge in [-0.2, -0.15) is 5.10 Å². The maximum atomic E-state index is 11.8. The van der Waals surface area contributed by atoms with Gasteiger partial charge in [-0.05, 0) is 30.3 Å². The molecule has 2 amide bonds. The first-order chi connectivity index (χ1) is 11.8. The number of phenols is 1. The van der Waals surface area contributed by atoms with E-state index in [-0.39, 0.29) is 32.1 Å². The van der Waals surface area contributed by atoms with Gasteiger partial charge in [-0.15, -0.1) is 0 Å². The fraction of sp³-hybridized carbons (Fsp3) is 0. The number of nitrogens with one attached hydrogen (secondary N) is 2. The Hall–Kier alpha value is -1.99. The molecule has 0 atom stereocenters. The molecular formula is C15H9Cl4N3O3. The molecule has 0 aromatic heterocycles. The van der Waals surface area contributed by atoms with Crippen molar-refractivity contribution in [1.29, 1.82) is 0 Å². The summed E-state index contributed by atoms with van der Waals surface area (Å²) in [6, 6.07) is 7.08. The molecule has 25 heavy (non-hydrogen) atoms. The molecule has 0 radical (unpaired) electrons.